The first-order chi connectivity index (χ1) is 17.7. The van der Waals surface area contributed by atoms with Crippen LogP contribution in [0.25, 0.3) is 0 Å². The smallest absolute Gasteiger partial charge is 0.416 e. The molecule has 1 unspecified atom stereocenters. The molecule has 1 fully saturated rings. The number of alkyl halides is 3. The number of thioether (sulfide) groups is 1. The number of hydrogen-bond donors (Lipinski definition) is 0. The molecule has 1 atom stereocenters. The van der Waals surface area contributed by atoms with Crippen LogP contribution in [0.4, 0.5) is 13.2 Å². The summed E-state index contributed by atoms with van der Waals surface area (Å²) in [4.78, 5) is 2.00. The SMILES string of the molecule is Cc1cc(SCC(COc2ccc(C(F)(F)F)cc2)OCc2ccc(Cl)s2)ccc1OCC1OC(C)O1. The van der Waals surface area contributed by atoms with Gasteiger partial charge in [-0.3, -0.25) is 0 Å². The second-order valence-corrected chi connectivity index (χ2v) is 11.2. The Balaban J connectivity index is 1.33. The lowest BCUT2D eigenvalue weighted by Crippen LogP contribution is -2.42. The zero-order valence-corrected chi connectivity index (χ0v) is 22.5. The van der Waals surface area contributed by atoms with Crippen molar-refractivity contribution in [1.82, 2.24) is 0 Å². The molecule has 0 radical (unpaired) electrons. The van der Waals surface area contributed by atoms with Crippen molar-refractivity contribution in [1.29, 1.82) is 0 Å². The van der Waals surface area contributed by atoms with E-state index in [1.807, 2.05) is 44.2 Å². The maximum absolute atomic E-state index is 12.8. The molecule has 1 aromatic heterocycles. The molecule has 4 rings (SSSR count). The first-order valence-electron chi connectivity index (χ1n) is 11.5. The van der Waals surface area contributed by atoms with Gasteiger partial charge in [-0.05, 0) is 74.0 Å². The van der Waals surface area contributed by atoms with Gasteiger partial charge < -0.3 is 23.7 Å². The summed E-state index contributed by atoms with van der Waals surface area (Å²) in [5.41, 5.74) is 0.256. The first kappa shape index (κ1) is 28.1. The predicted molar refractivity (Wildman–Crippen MR) is 138 cm³/mol. The molecule has 200 valence electrons. The van der Waals surface area contributed by atoms with Gasteiger partial charge in [0.1, 0.15) is 30.8 Å². The Kier molecular flexibility index (Phi) is 9.66. The minimum Gasteiger partial charge on any atom is -0.491 e. The van der Waals surface area contributed by atoms with Crippen molar-refractivity contribution < 1.29 is 36.9 Å². The van der Waals surface area contributed by atoms with E-state index in [-0.39, 0.29) is 25.3 Å². The standard InChI is InChI=1S/C26H26ClF3O5S2/c1-16-11-21(7-9-23(16)33-14-25-34-17(2)35-25)36-15-20(32-13-22-8-10-24(27)37-22)12-31-19-5-3-18(4-6-19)26(28,29)30/h3-11,17,20,25H,12-15H2,1-2H3. The average molecular weight is 575 g/mol. The van der Waals surface area contributed by atoms with E-state index in [2.05, 4.69) is 0 Å². The molecule has 0 spiro atoms. The van der Waals surface area contributed by atoms with E-state index in [4.69, 9.17) is 35.3 Å². The van der Waals surface area contributed by atoms with Gasteiger partial charge in [0.2, 0.25) is 0 Å². The van der Waals surface area contributed by atoms with E-state index in [9.17, 15) is 13.2 Å². The summed E-state index contributed by atoms with van der Waals surface area (Å²) >= 11 is 9.04. The first-order valence-corrected chi connectivity index (χ1v) is 13.7. The van der Waals surface area contributed by atoms with Crippen LogP contribution in [0.5, 0.6) is 11.5 Å². The lowest BCUT2D eigenvalue weighted by molar-refractivity contribution is -0.380. The van der Waals surface area contributed by atoms with Gasteiger partial charge >= 0.3 is 6.18 Å². The predicted octanol–water partition coefficient (Wildman–Crippen LogP) is 7.58. The van der Waals surface area contributed by atoms with E-state index in [0.717, 1.165) is 33.2 Å². The molecule has 1 saturated heterocycles. The lowest BCUT2D eigenvalue weighted by atomic mass is 10.2. The molecule has 3 aromatic rings. The van der Waals surface area contributed by atoms with Gasteiger partial charge in [-0.2, -0.15) is 13.2 Å². The topological polar surface area (TPSA) is 46.2 Å². The minimum absolute atomic E-state index is 0.178. The van der Waals surface area contributed by atoms with Crippen molar-refractivity contribution in [3.8, 4) is 11.5 Å². The molecule has 0 aliphatic carbocycles. The number of ether oxygens (including phenoxy) is 5. The number of benzene rings is 2. The molecule has 1 aliphatic heterocycles. The van der Waals surface area contributed by atoms with Gasteiger partial charge in [0.05, 0.1) is 16.5 Å². The maximum atomic E-state index is 12.8. The minimum atomic E-state index is -4.39. The van der Waals surface area contributed by atoms with E-state index >= 15 is 0 Å². The Morgan fingerprint density at radius 1 is 1.05 bits per heavy atom. The third-order valence-electron chi connectivity index (χ3n) is 5.35. The summed E-state index contributed by atoms with van der Waals surface area (Å²) in [5, 5.41) is 0. The molecule has 0 amide bonds. The van der Waals surface area contributed by atoms with Crippen molar-refractivity contribution in [2.75, 3.05) is 19.0 Å². The van der Waals surface area contributed by atoms with E-state index in [0.29, 0.717) is 29.1 Å². The molecule has 11 heteroatoms. The Morgan fingerprint density at radius 3 is 2.43 bits per heavy atom. The van der Waals surface area contributed by atoms with Crippen LogP contribution in [0.1, 0.15) is 22.9 Å². The summed E-state index contributed by atoms with van der Waals surface area (Å²) < 4.78 is 67.6. The third kappa shape index (κ3) is 8.53. The third-order valence-corrected chi connectivity index (χ3v) is 7.68. The lowest BCUT2D eigenvalue weighted by Gasteiger charge is -2.33. The molecular formula is C26H26ClF3O5S2. The molecule has 2 aromatic carbocycles. The van der Waals surface area contributed by atoms with Crippen LogP contribution in [0.3, 0.4) is 0 Å². The highest BCUT2D eigenvalue weighted by molar-refractivity contribution is 7.99. The number of rotatable bonds is 12. The van der Waals surface area contributed by atoms with Crippen molar-refractivity contribution >= 4 is 34.7 Å². The highest BCUT2D eigenvalue weighted by atomic mass is 35.5. The second kappa shape index (κ2) is 12.7. The zero-order valence-electron chi connectivity index (χ0n) is 20.1. The summed E-state index contributed by atoms with van der Waals surface area (Å²) in [6, 6.07) is 14.2. The Hall–Kier alpha value is -1.95. The zero-order chi connectivity index (χ0) is 26.4. The Bertz CT molecular complexity index is 1150. The van der Waals surface area contributed by atoms with Crippen LogP contribution < -0.4 is 9.47 Å². The number of halogens is 4. The highest BCUT2D eigenvalue weighted by Gasteiger charge is 2.30. The normalized spacial score (nSPS) is 18.3. The van der Waals surface area contributed by atoms with Crippen molar-refractivity contribution in [3.63, 3.8) is 0 Å². The highest BCUT2D eigenvalue weighted by Crippen LogP contribution is 2.31. The van der Waals surface area contributed by atoms with Gasteiger partial charge in [-0.25, -0.2) is 0 Å². The van der Waals surface area contributed by atoms with Gasteiger partial charge in [0, 0.05) is 15.5 Å². The van der Waals surface area contributed by atoms with E-state index in [1.165, 1.54) is 23.5 Å². The fourth-order valence-corrected chi connectivity index (χ4v) is 5.44. The van der Waals surface area contributed by atoms with Gasteiger partial charge in [-0.1, -0.05) is 11.6 Å². The van der Waals surface area contributed by atoms with Crippen molar-refractivity contribution in [3.05, 3.63) is 74.9 Å². The van der Waals surface area contributed by atoms with E-state index in [1.54, 1.807) is 11.8 Å². The molecule has 1 aliphatic rings. The van der Waals surface area contributed by atoms with Crippen LogP contribution in [0.2, 0.25) is 4.34 Å². The van der Waals surface area contributed by atoms with Gasteiger partial charge in [0.15, 0.2) is 12.6 Å². The molecule has 2 heterocycles. The fraction of sp³-hybridized carbons (Fsp3) is 0.385. The Morgan fingerprint density at radius 2 is 1.81 bits per heavy atom. The molecule has 0 bridgehead atoms. The van der Waals surface area contributed by atoms with Gasteiger partial charge in [0.25, 0.3) is 0 Å². The molecular weight excluding hydrogens is 549 g/mol. The number of thiophene rings is 1. The van der Waals surface area contributed by atoms with Crippen LogP contribution in [-0.2, 0) is 27.0 Å². The summed E-state index contributed by atoms with van der Waals surface area (Å²) in [6.45, 7) is 4.65. The van der Waals surface area contributed by atoms with Crippen LogP contribution in [-0.4, -0.2) is 37.7 Å². The average Bonchev–Trinajstić information content (AvgIpc) is 3.26. The Labute approximate surface area is 226 Å². The van der Waals surface area contributed by atoms with Gasteiger partial charge in [-0.15, -0.1) is 23.1 Å². The van der Waals surface area contributed by atoms with Crippen molar-refractivity contribution in [2.45, 2.75) is 50.2 Å². The summed E-state index contributed by atoms with van der Waals surface area (Å²) in [7, 11) is 0. The van der Waals surface area contributed by atoms with Crippen LogP contribution in [0.15, 0.2) is 59.5 Å². The van der Waals surface area contributed by atoms with Crippen molar-refractivity contribution in [2.24, 2.45) is 0 Å². The monoisotopic (exact) mass is 574 g/mol. The number of aryl methyl sites for hydroxylation is 1. The van der Waals surface area contributed by atoms with E-state index < -0.39 is 11.7 Å². The quantitative estimate of drug-likeness (QED) is 0.208. The van der Waals surface area contributed by atoms with Crippen LogP contribution in [0, 0.1) is 6.92 Å². The van der Waals surface area contributed by atoms with Crippen LogP contribution >= 0.6 is 34.7 Å². The fourth-order valence-electron chi connectivity index (χ4n) is 3.44. The molecule has 0 N–H and O–H groups in total. The second-order valence-electron chi connectivity index (χ2n) is 8.29. The molecule has 5 nitrogen and oxygen atoms in total. The number of hydrogen-bond acceptors (Lipinski definition) is 7. The summed E-state index contributed by atoms with van der Waals surface area (Å²) in [5.74, 6) is 1.67. The maximum Gasteiger partial charge on any atom is 0.416 e. The summed E-state index contributed by atoms with van der Waals surface area (Å²) in [6.07, 6.45) is -5.24. The molecule has 37 heavy (non-hydrogen) atoms. The largest absolute Gasteiger partial charge is 0.491 e. The molecule has 0 saturated carbocycles.